The topological polar surface area (TPSA) is 17.1 Å². The minimum atomic E-state index is -4.56. The van der Waals surface area contributed by atoms with Crippen LogP contribution in [0.2, 0.25) is 0 Å². The molecule has 0 spiro atoms. The number of hydrogen-bond donors (Lipinski definition) is 0. The standard InChI is InChI=1S/C13H8BrF3OS/c1-7-4-5-19-12(7)11(18)9-3-2-8(14)6-10(9)13(15,16)17/h2-6H,1H3. The van der Waals surface area contributed by atoms with Crippen molar-refractivity contribution in [2.45, 2.75) is 13.1 Å². The number of carbonyl (C=O) groups is 1. The maximum absolute atomic E-state index is 13.0. The summed E-state index contributed by atoms with van der Waals surface area (Å²) in [5.74, 6) is -0.590. The van der Waals surface area contributed by atoms with Crippen LogP contribution in [-0.2, 0) is 6.18 Å². The van der Waals surface area contributed by atoms with Crippen LogP contribution < -0.4 is 0 Å². The Morgan fingerprint density at radius 3 is 2.47 bits per heavy atom. The Morgan fingerprint density at radius 1 is 1.26 bits per heavy atom. The van der Waals surface area contributed by atoms with Crippen LogP contribution >= 0.6 is 27.3 Å². The quantitative estimate of drug-likeness (QED) is 0.692. The van der Waals surface area contributed by atoms with Gasteiger partial charge in [-0.1, -0.05) is 15.9 Å². The fraction of sp³-hybridized carbons (Fsp3) is 0.154. The first-order chi connectivity index (χ1) is 8.80. The zero-order valence-electron chi connectivity index (χ0n) is 9.72. The molecule has 0 unspecified atom stereocenters. The number of rotatable bonds is 2. The summed E-state index contributed by atoms with van der Waals surface area (Å²) >= 11 is 4.14. The smallest absolute Gasteiger partial charge is 0.288 e. The van der Waals surface area contributed by atoms with E-state index in [2.05, 4.69) is 15.9 Å². The normalized spacial score (nSPS) is 11.6. The Balaban J connectivity index is 2.57. The first-order valence-electron chi connectivity index (χ1n) is 5.26. The summed E-state index contributed by atoms with van der Waals surface area (Å²) in [5.41, 5.74) is -0.549. The molecule has 0 saturated heterocycles. The van der Waals surface area contributed by atoms with Gasteiger partial charge in [0, 0.05) is 10.0 Å². The van der Waals surface area contributed by atoms with Crippen molar-refractivity contribution in [2.75, 3.05) is 0 Å². The number of ketones is 1. The molecule has 0 aliphatic rings. The first kappa shape index (κ1) is 14.3. The zero-order valence-corrected chi connectivity index (χ0v) is 12.1. The van der Waals surface area contributed by atoms with Gasteiger partial charge in [-0.05, 0) is 42.1 Å². The minimum absolute atomic E-state index is 0.291. The summed E-state index contributed by atoms with van der Waals surface area (Å²) < 4.78 is 39.2. The van der Waals surface area contributed by atoms with E-state index in [1.54, 1.807) is 18.4 Å². The molecular weight excluding hydrogens is 341 g/mol. The third-order valence-corrected chi connectivity index (χ3v) is 4.11. The summed E-state index contributed by atoms with van der Waals surface area (Å²) in [4.78, 5) is 12.5. The van der Waals surface area contributed by atoms with Gasteiger partial charge in [0.25, 0.3) is 0 Å². The van der Waals surface area contributed by atoms with Crippen LogP contribution in [0.25, 0.3) is 0 Å². The molecule has 0 atom stereocenters. The summed E-state index contributed by atoms with van der Waals surface area (Å²) in [6.45, 7) is 1.70. The third kappa shape index (κ3) is 2.90. The van der Waals surface area contributed by atoms with E-state index in [-0.39, 0.29) is 5.56 Å². The molecule has 1 aromatic heterocycles. The Bertz CT molecular complexity index is 631. The highest BCUT2D eigenvalue weighted by molar-refractivity contribution is 9.10. The van der Waals surface area contributed by atoms with E-state index in [4.69, 9.17) is 0 Å². The number of thiophene rings is 1. The first-order valence-corrected chi connectivity index (χ1v) is 6.93. The Labute approximate surface area is 120 Å². The van der Waals surface area contributed by atoms with E-state index in [1.807, 2.05) is 0 Å². The molecule has 19 heavy (non-hydrogen) atoms. The summed E-state index contributed by atoms with van der Waals surface area (Å²) in [6, 6.07) is 5.28. The van der Waals surface area contributed by atoms with Gasteiger partial charge in [0.1, 0.15) is 0 Å². The summed E-state index contributed by atoms with van der Waals surface area (Å²) in [7, 11) is 0. The molecule has 0 N–H and O–H groups in total. The van der Waals surface area contributed by atoms with Gasteiger partial charge in [-0.3, -0.25) is 4.79 Å². The van der Waals surface area contributed by atoms with Crippen LogP contribution in [0, 0.1) is 6.92 Å². The van der Waals surface area contributed by atoms with E-state index in [0.717, 1.165) is 17.4 Å². The van der Waals surface area contributed by atoms with Gasteiger partial charge in [-0.2, -0.15) is 13.2 Å². The largest absolute Gasteiger partial charge is 0.417 e. The fourth-order valence-electron chi connectivity index (χ4n) is 1.68. The molecule has 1 heterocycles. The minimum Gasteiger partial charge on any atom is -0.288 e. The molecule has 1 nitrogen and oxygen atoms in total. The average Bonchev–Trinajstić information content (AvgIpc) is 2.73. The van der Waals surface area contributed by atoms with Crippen molar-refractivity contribution in [1.29, 1.82) is 0 Å². The van der Waals surface area contributed by atoms with Crippen molar-refractivity contribution < 1.29 is 18.0 Å². The van der Waals surface area contributed by atoms with Gasteiger partial charge >= 0.3 is 6.18 Å². The predicted octanol–water partition coefficient (Wildman–Crippen LogP) is 5.07. The Morgan fingerprint density at radius 2 is 1.95 bits per heavy atom. The van der Waals surface area contributed by atoms with Crippen molar-refractivity contribution in [3.63, 3.8) is 0 Å². The van der Waals surface area contributed by atoms with Crippen molar-refractivity contribution >= 4 is 33.0 Å². The second-order valence-electron chi connectivity index (χ2n) is 3.95. The molecule has 0 aliphatic heterocycles. The van der Waals surface area contributed by atoms with Crippen molar-refractivity contribution in [3.8, 4) is 0 Å². The monoisotopic (exact) mass is 348 g/mol. The highest BCUT2D eigenvalue weighted by atomic mass is 79.9. The lowest BCUT2D eigenvalue weighted by Gasteiger charge is -2.12. The van der Waals surface area contributed by atoms with Crippen LogP contribution in [0.1, 0.15) is 26.4 Å². The third-order valence-electron chi connectivity index (χ3n) is 2.60. The van der Waals surface area contributed by atoms with Crippen molar-refractivity contribution in [3.05, 3.63) is 55.7 Å². The van der Waals surface area contributed by atoms with Gasteiger partial charge in [-0.15, -0.1) is 11.3 Å². The van der Waals surface area contributed by atoms with Crippen LogP contribution in [-0.4, -0.2) is 5.78 Å². The highest BCUT2D eigenvalue weighted by Gasteiger charge is 2.35. The molecule has 100 valence electrons. The molecule has 0 fully saturated rings. The second kappa shape index (κ2) is 5.09. The van der Waals surface area contributed by atoms with Gasteiger partial charge in [0.2, 0.25) is 5.78 Å². The van der Waals surface area contributed by atoms with Crippen molar-refractivity contribution in [1.82, 2.24) is 0 Å². The molecule has 0 aliphatic carbocycles. The number of alkyl halides is 3. The number of aryl methyl sites for hydroxylation is 1. The molecule has 0 bridgehead atoms. The van der Waals surface area contributed by atoms with E-state index >= 15 is 0 Å². The van der Waals surface area contributed by atoms with Crippen LogP contribution in [0.3, 0.4) is 0 Å². The molecule has 2 aromatic rings. The number of benzene rings is 1. The molecule has 2 rings (SSSR count). The molecule has 6 heteroatoms. The Hall–Kier alpha value is -1.14. The van der Waals surface area contributed by atoms with E-state index in [9.17, 15) is 18.0 Å². The van der Waals surface area contributed by atoms with Gasteiger partial charge in [0.05, 0.1) is 10.4 Å². The average molecular weight is 349 g/mol. The second-order valence-corrected chi connectivity index (χ2v) is 5.78. The number of hydrogen-bond acceptors (Lipinski definition) is 2. The Kier molecular flexibility index (Phi) is 3.82. The fourth-order valence-corrected chi connectivity index (χ4v) is 2.92. The zero-order chi connectivity index (χ0) is 14.2. The molecule has 0 amide bonds. The maximum atomic E-state index is 13.0. The van der Waals surface area contributed by atoms with Crippen LogP contribution in [0.5, 0.6) is 0 Å². The molecular formula is C13H8BrF3OS. The van der Waals surface area contributed by atoms with Crippen LogP contribution in [0.4, 0.5) is 13.2 Å². The van der Waals surface area contributed by atoms with E-state index in [0.29, 0.717) is 14.9 Å². The van der Waals surface area contributed by atoms with Gasteiger partial charge in [0.15, 0.2) is 0 Å². The van der Waals surface area contributed by atoms with Crippen LogP contribution in [0.15, 0.2) is 34.1 Å². The summed E-state index contributed by atoms with van der Waals surface area (Å²) in [6.07, 6.45) is -4.56. The predicted molar refractivity (Wildman–Crippen MR) is 71.6 cm³/mol. The van der Waals surface area contributed by atoms with Crippen molar-refractivity contribution in [2.24, 2.45) is 0 Å². The maximum Gasteiger partial charge on any atom is 0.417 e. The lowest BCUT2D eigenvalue weighted by atomic mass is 10.0. The van der Waals surface area contributed by atoms with E-state index < -0.39 is 17.5 Å². The highest BCUT2D eigenvalue weighted by Crippen LogP contribution is 2.35. The lowest BCUT2D eigenvalue weighted by Crippen LogP contribution is -2.13. The SMILES string of the molecule is Cc1ccsc1C(=O)c1ccc(Br)cc1C(F)(F)F. The number of carbonyl (C=O) groups excluding carboxylic acids is 1. The molecule has 0 saturated carbocycles. The van der Waals surface area contributed by atoms with E-state index in [1.165, 1.54) is 12.1 Å². The number of halogens is 4. The molecule has 0 radical (unpaired) electrons. The summed E-state index contributed by atoms with van der Waals surface area (Å²) in [5, 5.41) is 1.69. The lowest BCUT2D eigenvalue weighted by molar-refractivity contribution is -0.137. The van der Waals surface area contributed by atoms with Gasteiger partial charge < -0.3 is 0 Å². The molecule has 1 aromatic carbocycles. The van der Waals surface area contributed by atoms with Gasteiger partial charge in [-0.25, -0.2) is 0 Å².